The van der Waals surface area contributed by atoms with E-state index in [4.69, 9.17) is 4.74 Å². The molecule has 20 heavy (non-hydrogen) atoms. The zero-order valence-electron chi connectivity index (χ0n) is 12.6. The highest BCUT2D eigenvalue weighted by Crippen LogP contribution is 2.27. The van der Waals surface area contributed by atoms with Crippen LogP contribution in [0.5, 0.6) is 5.75 Å². The van der Waals surface area contributed by atoms with Crippen LogP contribution < -0.4 is 10.1 Å². The van der Waals surface area contributed by atoms with Crippen molar-refractivity contribution in [1.29, 1.82) is 0 Å². The minimum atomic E-state index is -2.99. The van der Waals surface area contributed by atoms with E-state index < -0.39 is 9.84 Å². The molecule has 0 saturated carbocycles. The molecule has 0 aromatic heterocycles. The Morgan fingerprint density at radius 1 is 1.25 bits per heavy atom. The lowest BCUT2D eigenvalue weighted by Gasteiger charge is -2.20. The number of sulfone groups is 1. The highest BCUT2D eigenvalue weighted by Gasteiger charge is 2.13. The van der Waals surface area contributed by atoms with Crippen molar-refractivity contribution in [3.8, 4) is 5.75 Å². The maximum atomic E-state index is 11.1. The van der Waals surface area contributed by atoms with Gasteiger partial charge in [0.2, 0.25) is 0 Å². The SMILES string of the molecule is CCCNC(CC)c1ccccc1OCCS(C)(=O)=O. The number of hydrogen-bond acceptors (Lipinski definition) is 4. The number of nitrogens with one attached hydrogen (secondary N) is 1. The normalized spacial score (nSPS) is 13.2. The van der Waals surface area contributed by atoms with Crippen molar-refractivity contribution in [3.05, 3.63) is 29.8 Å². The Morgan fingerprint density at radius 2 is 1.95 bits per heavy atom. The minimum Gasteiger partial charge on any atom is -0.492 e. The molecule has 1 aromatic rings. The molecule has 0 aliphatic heterocycles. The second-order valence-corrected chi connectivity index (χ2v) is 7.19. The summed E-state index contributed by atoms with van der Waals surface area (Å²) in [5.74, 6) is 0.812. The predicted molar refractivity (Wildman–Crippen MR) is 83.0 cm³/mol. The summed E-state index contributed by atoms with van der Waals surface area (Å²) < 4.78 is 27.9. The van der Waals surface area contributed by atoms with Crippen molar-refractivity contribution in [2.75, 3.05) is 25.2 Å². The van der Waals surface area contributed by atoms with Crippen LogP contribution in [0.4, 0.5) is 0 Å². The lowest BCUT2D eigenvalue weighted by Crippen LogP contribution is -2.22. The third kappa shape index (κ3) is 5.92. The minimum absolute atomic E-state index is 0.0422. The van der Waals surface area contributed by atoms with E-state index in [2.05, 4.69) is 19.2 Å². The fourth-order valence-corrected chi connectivity index (χ4v) is 2.38. The summed E-state index contributed by atoms with van der Waals surface area (Å²) in [5, 5.41) is 3.48. The fraction of sp³-hybridized carbons (Fsp3) is 0.600. The Kier molecular flexibility index (Phi) is 7.02. The molecule has 0 heterocycles. The average molecular weight is 299 g/mol. The third-order valence-corrected chi connectivity index (χ3v) is 3.96. The fourth-order valence-electron chi connectivity index (χ4n) is 2.00. The van der Waals surface area contributed by atoms with Crippen LogP contribution in [0.2, 0.25) is 0 Å². The Bertz CT molecular complexity index is 500. The Labute approximate surface area is 122 Å². The van der Waals surface area contributed by atoms with Crippen molar-refractivity contribution in [1.82, 2.24) is 5.32 Å². The molecule has 0 saturated heterocycles. The molecule has 0 aliphatic rings. The number of ether oxygens (including phenoxy) is 1. The molecule has 1 aromatic carbocycles. The first-order valence-corrected chi connectivity index (χ1v) is 9.16. The van der Waals surface area contributed by atoms with Crippen LogP contribution in [0.1, 0.15) is 38.3 Å². The largest absolute Gasteiger partial charge is 0.492 e. The van der Waals surface area contributed by atoms with Crippen LogP contribution >= 0.6 is 0 Å². The highest BCUT2D eigenvalue weighted by atomic mass is 32.2. The van der Waals surface area contributed by atoms with Gasteiger partial charge in [0, 0.05) is 17.9 Å². The van der Waals surface area contributed by atoms with Gasteiger partial charge in [0.25, 0.3) is 0 Å². The first-order chi connectivity index (χ1) is 9.48. The summed E-state index contributed by atoms with van der Waals surface area (Å²) in [6, 6.07) is 8.06. The molecule has 0 radical (unpaired) electrons. The van der Waals surface area contributed by atoms with Crippen molar-refractivity contribution in [3.63, 3.8) is 0 Å². The zero-order chi connectivity index (χ0) is 15.0. The summed E-state index contributed by atoms with van der Waals surface area (Å²) in [7, 11) is -2.99. The Hall–Kier alpha value is -1.07. The highest BCUT2D eigenvalue weighted by molar-refractivity contribution is 7.90. The topological polar surface area (TPSA) is 55.4 Å². The van der Waals surface area contributed by atoms with Gasteiger partial charge in [0.15, 0.2) is 9.84 Å². The van der Waals surface area contributed by atoms with Gasteiger partial charge in [-0.3, -0.25) is 0 Å². The molecule has 0 aliphatic carbocycles. The van der Waals surface area contributed by atoms with Crippen molar-refractivity contribution >= 4 is 9.84 Å². The number of para-hydroxylation sites is 1. The van der Waals surface area contributed by atoms with Gasteiger partial charge in [-0.05, 0) is 25.5 Å². The maximum absolute atomic E-state index is 11.1. The summed E-state index contributed by atoms with van der Waals surface area (Å²) in [6.45, 7) is 5.41. The zero-order valence-corrected chi connectivity index (χ0v) is 13.4. The number of hydrogen-bond donors (Lipinski definition) is 1. The van der Waals surface area contributed by atoms with E-state index in [1.54, 1.807) is 0 Å². The molecule has 4 nitrogen and oxygen atoms in total. The van der Waals surface area contributed by atoms with Gasteiger partial charge < -0.3 is 10.1 Å². The molecule has 0 fully saturated rings. The van der Waals surface area contributed by atoms with Gasteiger partial charge in [0.1, 0.15) is 12.4 Å². The van der Waals surface area contributed by atoms with Gasteiger partial charge in [0.05, 0.1) is 5.75 Å². The summed E-state index contributed by atoms with van der Waals surface area (Å²) in [6.07, 6.45) is 3.26. The van der Waals surface area contributed by atoms with Gasteiger partial charge in [-0.25, -0.2) is 8.42 Å². The molecule has 0 bridgehead atoms. The number of rotatable bonds is 9. The quantitative estimate of drug-likeness (QED) is 0.761. The van der Waals surface area contributed by atoms with E-state index in [1.165, 1.54) is 6.26 Å². The van der Waals surface area contributed by atoms with Crippen LogP contribution in [0.25, 0.3) is 0 Å². The number of benzene rings is 1. The molecule has 1 unspecified atom stereocenters. The standard InChI is InChI=1S/C15H25NO3S/c1-4-10-16-14(5-2)13-8-6-7-9-15(13)19-11-12-20(3,17)18/h6-9,14,16H,4-5,10-12H2,1-3H3. The molecule has 114 valence electrons. The van der Waals surface area contributed by atoms with Crippen LogP contribution in [0.3, 0.4) is 0 Å². The first-order valence-electron chi connectivity index (χ1n) is 7.10. The Morgan fingerprint density at radius 3 is 2.55 bits per heavy atom. The van der Waals surface area contributed by atoms with E-state index in [0.29, 0.717) is 0 Å². The molecular weight excluding hydrogens is 274 g/mol. The van der Waals surface area contributed by atoms with E-state index in [0.717, 1.165) is 30.7 Å². The van der Waals surface area contributed by atoms with Crippen molar-refractivity contribution < 1.29 is 13.2 Å². The van der Waals surface area contributed by atoms with Crippen LogP contribution in [0, 0.1) is 0 Å². The van der Waals surface area contributed by atoms with Gasteiger partial charge in [-0.2, -0.15) is 0 Å². The first kappa shape index (κ1) is 17.0. The van der Waals surface area contributed by atoms with Crippen molar-refractivity contribution in [2.45, 2.75) is 32.7 Å². The third-order valence-electron chi connectivity index (χ3n) is 3.06. The second-order valence-electron chi connectivity index (χ2n) is 4.93. The van der Waals surface area contributed by atoms with Crippen LogP contribution in [0.15, 0.2) is 24.3 Å². The van der Waals surface area contributed by atoms with E-state index in [-0.39, 0.29) is 18.4 Å². The predicted octanol–water partition coefficient (Wildman–Crippen LogP) is 2.56. The van der Waals surface area contributed by atoms with Gasteiger partial charge >= 0.3 is 0 Å². The lowest BCUT2D eigenvalue weighted by atomic mass is 10.0. The monoisotopic (exact) mass is 299 g/mol. The second kappa shape index (κ2) is 8.27. The van der Waals surface area contributed by atoms with Crippen LogP contribution in [-0.2, 0) is 9.84 Å². The smallest absolute Gasteiger partial charge is 0.150 e. The van der Waals surface area contributed by atoms with E-state index in [1.807, 2.05) is 24.3 Å². The molecule has 0 amide bonds. The average Bonchev–Trinajstić information content (AvgIpc) is 2.39. The molecule has 1 N–H and O–H groups in total. The van der Waals surface area contributed by atoms with Gasteiger partial charge in [-0.1, -0.05) is 32.0 Å². The van der Waals surface area contributed by atoms with E-state index >= 15 is 0 Å². The molecular formula is C15H25NO3S. The lowest BCUT2D eigenvalue weighted by molar-refractivity contribution is 0.331. The van der Waals surface area contributed by atoms with Gasteiger partial charge in [-0.15, -0.1) is 0 Å². The molecule has 1 rings (SSSR count). The summed E-state index contributed by atoms with van der Waals surface area (Å²) >= 11 is 0. The van der Waals surface area contributed by atoms with E-state index in [9.17, 15) is 8.42 Å². The maximum Gasteiger partial charge on any atom is 0.150 e. The molecule has 0 spiro atoms. The van der Waals surface area contributed by atoms with Crippen molar-refractivity contribution in [2.24, 2.45) is 0 Å². The Balaban J connectivity index is 2.75. The molecule has 5 heteroatoms. The van der Waals surface area contributed by atoms with Crippen LogP contribution in [-0.4, -0.2) is 33.6 Å². The summed E-state index contributed by atoms with van der Waals surface area (Å²) in [5.41, 5.74) is 1.09. The molecule has 1 atom stereocenters. The summed E-state index contributed by atoms with van der Waals surface area (Å²) in [4.78, 5) is 0.